The molecule has 6 aromatic rings. The average Bonchev–Trinajstić information content (AvgIpc) is 3.27. The highest BCUT2D eigenvalue weighted by Crippen LogP contribution is 2.47. The maximum absolute atomic E-state index is 4.65. The zero-order chi connectivity index (χ0) is 23.5. The van der Waals surface area contributed by atoms with Crippen molar-refractivity contribution in [2.24, 2.45) is 0 Å². The number of nitrogens with zero attached hydrogens (tertiary/aromatic N) is 2. The predicted octanol–water partition coefficient (Wildman–Crippen LogP) is 8.28. The molecule has 0 amide bonds. The van der Waals surface area contributed by atoms with Gasteiger partial charge in [0.05, 0.1) is 11.4 Å². The fourth-order valence-corrected chi connectivity index (χ4v) is 6.45. The molecule has 3 heteroatoms. The van der Waals surface area contributed by atoms with Crippen molar-refractivity contribution in [1.29, 1.82) is 0 Å². The molecule has 0 atom stereocenters. The lowest BCUT2D eigenvalue weighted by Crippen LogP contribution is -2.18. The van der Waals surface area contributed by atoms with E-state index in [-0.39, 0.29) is 0 Å². The average molecular weight is 467 g/mol. The number of rotatable bonds is 2. The lowest BCUT2D eigenvalue weighted by atomic mass is 9.85. The van der Waals surface area contributed by atoms with E-state index in [0.29, 0.717) is 0 Å². The Morgan fingerprint density at radius 1 is 0.857 bits per heavy atom. The Kier molecular flexibility index (Phi) is 4.42. The molecule has 35 heavy (non-hydrogen) atoms. The molecule has 0 unspecified atom stereocenters. The molecule has 0 saturated heterocycles. The summed E-state index contributed by atoms with van der Waals surface area (Å²) in [6.45, 7) is 6.73. The Morgan fingerprint density at radius 2 is 1.66 bits per heavy atom. The number of aryl methyl sites for hydroxylation is 1. The van der Waals surface area contributed by atoms with E-state index in [9.17, 15) is 0 Å². The van der Waals surface area contributed by atoms with Crippen LogP contribution in [0.4, 0.5) is 5.69 Å². The highest BCUT2D eigenvalue weighted by Gasteiger charge is 2.27. The minimum Gasteiger partial charge on any atom is -0.330 e. The summed E-state index contributed by atoms with van der Waals surface area (Å²) in [5.41, 5.74) is 7.21. The van der Waals surface area contributed by atoms with Crippen LogP contribution < -0.4 is 0 Å². The molecule has 0 fully saturated rings. The molecule has 1 aliphatic rings. The molecule has 4 aromatic carbocycles. The molecule has 0 saturated carbocycles. The third-order valence-corrected chi connectivity index (χ3v) is 8.06. The summed E-state index contributed by atoms with van der Waals surface area (Å²) in [5, 5.41) is 4.95. The van der Waals surface area contributed by atoms with Gasteiger partial charge in [-0.25, -0.2) is 4.98 Å². The maximum atomic E-state index is 4.65. The predicted molar refractivity (Wildman–Crippen MR) is 149 cm³/mol. The van der Waals surface area contributed by atoms with E-state index in [0.717, 1.165) is 16.6 Å². The number of pyridine rings is 1. The standard InChI is InChI=1S/C32H22N2S/c1-20-17-26-24-13-8-16-33-32(24)35-31(26)27(18-20)29-19-25(21-9-4-3-5-10-21)30-23-12-7-6-11-22(23)14-15-28(30)34(29)2/h3-19H,2H2,1H3. The summed E-state index contributed by atoms with van der Waals surface area (Å²) in [6, 6.07) is 33.6. The largest absolute Gasteiger partial charge is 0.330 e. The Bertz CT molecular complexity index is 1830. The quantitative estimate of drug-likeness (QED) is 0.142. The van der Waals surface area contributed by atoms with Crippen molar-refractivity contribution in [3.63, 3.8) is 0 Å². The third-order valence-electron chi connectivity index (χ3n) is 6.89. The van der Waals surface area contributed by atoms with Crippen molar-refractivity contribution in [3.8, 4) is 0 Å². The summed E-state index contributed by atoms with van der Waals surface area (Å²) in [5.74, 6) is 0. The number of thiophene rings is 1. The van der Waals surface area contributed by atoms with Crippen molar-refractivity contribution >= 4 is 60.4 Å². The number of aromatic nitrogens is 1. The van der Waals surface area contributed by atoms with Crippen molar-refractivity contribution in [1.82, 2.24) is 4.98 Å². The van der Waals surface area contributed by atoms with E-state index in [1.807, 2.05) is 12.3 Å². The third kappa shape index (κ3) is 3.05. The van der Waals surface area contributed by atoms with Crippen molar-refractivity contribution in [2.45, 2.75) is 6.92 Å². The molecular formula is C32H22N2S. The zero-order valence-corrected chi connectivity index (χ0v) is 20.1. The van der Waals surface area contributed by atoms with Crippen LogP contribution in [0, 0.1) is 13.0 Å². The molecule has 3 heterocycles. The molecule has 166 valence electrons. The fraction of sp³-hybridized carbons (Fsp3) is 0.0312. The van der Waals surface area contributed by atoms with Gasteiger partial charge in [-0.05, 0) is 39.9 Å². The first-order valence-corrected chi connectivity index (χ1v) is 12.6. The molecule has 2 aromatic heterocycles. The molecule has 0 spiro atoms. The van der Waals surface area contributed by atoms with Gasteiger partial charge in [0.25, 0.3) is 0 Å². The SMILES string of the molecule is C=[N+]1c2ccc3ccccc3c2C(c2ccccc2)=C[C-]1c1cc(C)cc2c3cccnc3[s+][c-]12. The smallest absolute Gasteiger partial charge is 0.316 e. The van der Waals surface area contributed by atoms with Crippen LogP contribution in [0.5, 0.6) is 0 Å². The van der Waals surface area contributed by atoms with Crippen LogP contribution >= 0.6 is 11.3 Å². The van der Waals surface area contributed by atoms with Crippen molar-refractivity contribution in [2.75, 3.05) is 0 Å². The Balaban J connectivity index is 1.55. The maximum Gasteiger partial charge on any atom is 0.316 e. The minimum atomic E-state index is 1.07. The van der Waals surface area contributed by atoms with Gasteiger partial charge < -0.3 is 4.58 Å². The van der Waals surface area contributed by atoms with Crippen molar-refractivity contribution in [3.05, 3.63) is 132 Å². The second-order valence-corrected chi connectivity index (χ2v) is 10.1. The van der Waals surface area contributed by atoms with Crippen LogP contribution in [0.1, 0.15) is 22.3 Å². The highest BCUT2D eigenvalue weighted by molar-refractivity contribution is 7.25. The lowest BCUT2D eigenvalue weighted by Gasteiger charge is -2.33. The molecule has 7 rings (SSSR count). The summed E-state index contributed by atoms with van der Waals surface area (Å²) < 4.78 is 3.36. The molecule has 0 N–H and O–H groups in total. The van der Waals surface area contributed by atoms with Crippen LogP contribution in [0.25, 0.3) is 36.6 Å². The van der Waals surface area contributed by atoms with Gasteiger partial charge in [0, 0.05) is 12.9 Å². The summed E-state index contributed by atoms with van der Waals surface area (Å²) in [7, 11) is 0. The van der Waals surface area contributed by atoms with Gasteiger partial charge in [-0.3, -0.25) is 0 Å². The number of hydrogen-bond acceptors (Lipinski definition) is 1. The lowest BCUT2D eigenvalue weighted by molar-refractivity contribution is -0.400. The van der Waals surface area contributed by atoms with Crippen LogP contribution in [-0.4, -0.2) is 16.3 Å². The first kappa shape index (κ1) is 20.2. The van der Waals surface area contributed by atoms with E-state index >= 15 is 0 Å². The van der Waals surface area contributed by atoms with Gasteiger partial charge in [0.15, 0.2) is 11.3 Å². The van der Waals surface area contributed by atoms with E-state index < -0.39 is 0 Å². The van der Waals surface area contributed by atoms with Gasteiger partial charge in [0.1, 0.15) is 10.4 Å². The highest BCUT2D eigenvalue weighted by atomic mass is 32.1. The molecule has 0 radical (unpaired) electrons. The van der Waals surface area contributed by atoms with Crippen molar-refractivity contribution < 1.29 is 4.58 Å². The molecule has 2 nitrogen and oxygen atoms in total. The molecule has 1 aliphatic heterocycles. The van der Waals surface area contributed by atoms with E-state index in [4.69, 9.17) is 0 Å². The molecular weight excluding hydrogens is 444 g/mol. The van der Waals surface area contributed by atoms with Crippen LogP contribution in [0.15, 0.2) is 103 Å². The number of benzene rings is 4. The van der Waals surface area contributed by atoms with Gasteiger partial charge in [-0.1, -0.05) is 90.9 Å². The van der Waals surface area contributed by atoms with Gasteiger partial charge >= 0.3 is 4.83 Å². The fourth-order valence-electron chi connectivity index (χ4n) is 5.30. The summed E-state index contributed by atoms with van der Waals surface area (Å²) in [4.78, 5) is 5.72. The molecule has 0 aliphatic carbocycles. The van der Waals surface area contributed by atoms with Crippen LogP contribution in [0.2, 0.25) is 0 Å². The van der Waals surface area contributed by atoms with Gasteiger partial charge in [-0.15, -0.1) is 17.2 Å². The number of fused-ring (bicyclic) bond motifs is 6. The van der Waals surface area contributed by atoms with E-state index in [1.165, 1.54) is 54.1 Å². The first-order chi connectivity index (χ1) is 17.2. The second-order valence-electron chi connectivity index (χ2n) is 9.07. The van der Waals surface area contributed by atoms with Gasteiger partial charge in [0.2, 0.25) is 0 Å². The summed E-state index contributed by atoms with van der Waals surface area (Å²) >= 11 is 1.76. The van der Waals surface area contributed by atoms with Crippen LogP contribution in [0.3, 0.4) is 0 Å². The van der Waals surface area contributed by atoms with E-state index in [1.54, 1.807) is 11.3 Å². The van der Waals surface area contributed by atoms with E-state index in [2.05, 4.69) is 114 Å². The molecule has 0 bridgehead atoms. The van der Waals surface area contributed by atoms with Crippen LogP contribution in [-0.2, 0) is 0 Å². The topological polar surface area (TPSA) is 15.9 Å². The monoisotopic (exact) mass is 466 g/mol. The minimum absolute atomic E-state index is 1.07. The second kappa shape index (κ2) is 7.66. The van der Waals surface area contributed by atoms with Gasteiger partial charge in [-0.2, -0.15) is 0 Å². The Labute approximate surface area is 208 Å². The Hall–Kier alpha value is -4.21. The first-order valence-electron chi connectivity index (χ1n) is 11.7. The normalized spacial score (nSPS) is 13.5. The number of hydrogen-bond donors (Lipinski definition) is 0. The zero-order valence-electron chi connectivity index (χ0n) is 19.3. The summed E-state index contributed by atoms with van der Waals surface area (Å²) in [6.07, 6.45) is 4.20. The Morgan fingerprint density at radius 3 is 2.54 bits per heavy atom.